The Kier molecular flexibility index (Phi) is 9.32. The zero-order valence-electron chi connectivity index (χ0n) is 23.2. The van der Waals surface area contributed by atoms with Crippen LogP contribution in [-0.2, 0) is 8.34 Å². The maximum atomic E-state index is 12.5. The van der Waals surface area contributed by atoms with E-state index in [2.05, 4.69) is 64.0 Å². The minimum Gasteiger partial charge on any atom is -0.497 e. The molecule has 1 amide bonds. The van der Waals surface area contributed by atoms with Gasteiger partial charge in [0.05, 0.1) is 17.1 Å². The van der Waals surface area contributed by atoms with Crippen molar-refractivity contribution >= 4 is 68.4 Å². The summed E-state index contributed by atoms with van der Waals surface area (Å²) < 4.78 is 5.09. The summed E-state index contributed by atoms with van der Waals surface area (Å²) in [6, 6.07) is 26.1. The Balaban J connectivity index is 1.47. The van der Waals surface area contributed by atoms with Crippen LogP contribution < -0.4 is 10.1 Å². The summed E-state index contributed by atoms with van der Waals surface area (Å²) in [7, 11) is 1.67. The molecule has 1 unspecified atom stereocenters. The van der Waals surface area contributed by atoms with Crippen molar-refractivity contribution in [3.05, 3.63) is 111 Å². The van der Waals surface area contributed by atoms with Gasteiger partial charge >= 0.3 is 5.97 Å². The molecule has 1 heterocycles. The number of aliphatic carboxylic acids is 1. The average molecular weight is 717 g/mol. The van der Waals surface area contributed by atoms with Gasteiger partial charge in [0, 0.05) is 34.7 Å². The standard InChI is InChI=1S/C33H31Cl2IN2O4/c1-20(21-3-5-22(6-4-21)32(41)37-12-11-31(39)40)38-19-26(25-14-28(34)17-29(35)15-25)18-33(38,36)27-9-7-24-16-30(42-2)10-8-23(24)13-27/h3-10,13-17,20,26H,11-12,18-19H2,1-2H3,(H,37,41)(H,39,40)/t20?,26-,33+/m0/s1. The van der Waals surface area contributed by atoms with Gasteiger partial charge in [-0.25, -0.2) is 0 Å². The van der Waals surface area contributed by atoms with Gasteiger partial charge in [0.1, 0.15) is 5.75 Å². The number of hydrogen-bond donors (Lipinski definition) is 2. The van der Waals surface area contributed by atoms with E-state index in [1.807, 2.05) is 36.4 Å². The number of nitrogens with one attached hydrogen (secondary N) is 1. The first-order valence-corrected chi connectivity index (χ1v) is 15.5. The van der Waals surface area contributed by atoms with Crippen molar-refractivity contribution in [2.24, 2.45) is 0 Å². The molecule has 1 saturated heterocycles. The third kappa shape index (κ3) is 6.54. The van der Waals surface area contributed by atoms with Crippen molar-refractivity contribution in [2.75, 3.05) is 20.2 Å². The number of carbonyl (C=O) groups excluding carboxylic acids is 1. The second kappa shape index (κ2) is 12.8. The minimum absolute atomic E-state index is 0.0252. The van der Waals surface area contributed by atoms with Gasteiger partial charge in [0.15, 0.2) is 0 Å². The fourth-order valence-electron chi connectivity index (χ4n) is 5.74. The summed E-state index contributed by atoms with van der Waals surface area (Å²) in [5, 5.41) is 15.0. The highest BCUT2D eigenvalue weighted by Gasteiger charge is 2.47. The molecule has 4 aromatic carbocycles. The van der Waals surface area contributed by atoms with Crippen molar-refractivity contribution in [3.8, 4) is 5.75 Å². The quantitative estimate of drug-likeness (QED) is 0.104. The van der Waals surface area contributed by atoms with Gasteiger partial charge in [0.25, 0.3) is 5.91 Å². The molecule has 218 valence electrons. The molecule has 1 aliphatic heterocycles. The summed E-state index contributed by atoms with van der Waals surface area (Å²) in [5.41, 5.74) is 3.89. The van der Waals surface area contributed by atoms with Crippen LogP contribution in [0, 0.1) is 0 Å². The predicted molar refractivity (Wildman–Crippen MR) is 176 cm³/mol. The lowest BCUT2D eigenvalue weighted by atomic mass is 9.92. The van der Waals surface area contributed by atoms with E-state index in [1.165, 1.54) is 5.56 Å². The number of halogens is 3. The highest BCUT2D eigenvalue weighted by atomic mass is 127. The van der Waals surface area contributed by atoms with E-state index in [4.69, 9.17) is 33.0 Å². The Labute approximate surface area is 269 Å². The molecule has 1 fully saturated rings. The van der Waals surface area contributed by atoms with E-state index >= 15 is 0 Å². The van der Waals surface area contributed by atoms with E-state index in [1.54, 1.807) is 25.3 Å². The van der Waals surface area contributed by atoms with E-state index in [9.17, 15) is 9.59 Å². The Morgan fingerprint density at radius 1 is 1.02 bits per heavy atom. The second-order valence-electron chi connectivity index (χ2n) is 10.6. The highest BCUT2D eigenvalue weighted by Crippen LogP contribution is 2.54. The number of carboxylic acid groups (broad SMARTS) is 1. The maximum Gasteiger partial charge on any atom is 0.305 e. The van der Waals surface area contributed by atoms with Crippen molar-refractivity contribution < 1.29 is 19.4 Å². The van der Waals surface area contributed by atoms with Crippen LogP contribution in [0.1, 0.15) is 58.8 Å². The van der Waals surface area contributed by atoms with Crippen LogP contribution in [0.4, 0.5) is 0 Å². The molecule has 5 rings (SSSR count). The number of carbonyl (C=O) groups is 2. The number of ether oxygens (including phenoxy) is 1. The zero-order chi connectivity index (χ0) is 30.0. The molecule has 42 heavy (non-hydrogen) atoms. The van der Waals surface area contributed by atoms with Gasteiger partial charge in [-0.3, -0.25) is 14.5 Å². The number of fused-ring (bicyclic) bond motifs is 1. The largest absolute Gasteiger partial charge is 0.497 e. The number of rotatable bonds is 9. The number of benzene rings is 4. The van der Waals surface area contributed by atoms with Crippen LogP contribution in [0.5, 0.6) is 5.75 Å². The Bertz CT molecular complexity index is 1610. The van der Waals surface area contributed by atoms with Gasteiger partial charge < -0.3 is 15.2 Å². The van der Waals surface area contributed by atoms with Crippen molar-refractivity contribution in [2.45, 2.75) is 35.3 Å². The fraction of sp³-hybridized carbons (Fsp3) is 0.273. The topological polar surface area (TPSA) is 78.9 Å². The van der Waals surface area contributed by atoms with Gasteiger partial charge in [-0.2, -0.15) is 0 Å². The van der Waals surface area contributed by atoms with Gasteiger partial charge in [-0.1, -0.05) is 76.1 Å². The molecule has 4 aromatic rings. The summed E-state index contributed by atoms with van der Waals surface area (Å²) in [6.45, 7) is 3.07. The number of likely N-dealkylation sites (tertiary alicyclic amines) is 1. The van der Waals surface area contributed by atoms with Crippen molar-refractivity contribution in [1.29, 1.82) is 0 Å². The first kappa shape index (κ1) is 30.6. The molecule has 2 N–H and O–H groups in total. The molecule has 3 atom stereocenters. The van der Waals surface area contributed by atoms with Crippen molar-refractivity contribution in [3.63, 3.8) is 0 Å². The Morgan fingerprint density at radius 3 is 2.36 bits per heavy atom. The van der Waals surface area contributed by atoms with Crippen LogP contribution in [-0.4, -0.2) is 42.1 Å². The normalized spacial score (nSPS) is 19.5. The molecule has 0 saturated carbocycles. The predicted octanol–water partition coefficient (Wildman–Crippen LogP) is 8.20. The number of nitrogens with zero attached hydrogens (tertiary/aromatic N) is 1. The van der Waals surface area contributed by atoms with Gasteiger partial charge in [-0.05, 0) is 95.3 Å². The lowest BCUT2D eigenvalue weighted by Crippen LogP contribution is -2.37. The van der Waals surface area contributed by atoms with Gasteiger partial charge in [-0.15, -0.1) is 0 Å². The molecular formula is C33H31Cl2IN2O4. The van der Waals surface area contributed by atoms with E-state index in [0.717, 1.165) is 40.6 Å². The van der Waals surface area contributed by atoms with E-state index in [0.29, 0.717) is 15.6 Å². The molecule has 0 radical (unpaired) electrons. The first-order chi connectivity index (χ1) is 20.1. The van der Waals surface area contributed by atoms with Gasteiger partial charge in [0.2, 0.25) is 0 Å². The first-order valence-electron chi connectivity index (χ1n) is 13.7. The van der Waals surface area contributed by atoms with Crippen molar-refractivity contribution in [1.82, 2.24) is 10.2 Å². The number of methoxy groups -OCH3 is 1. The van der Waals surface area contributed by atoms with Crippen LogP contribution in [0.25, 0.3) is 10.8 Å². The van der Waals surface area contributed by atoms with E-state index in [-0.39, 0.29) is 34.4 Å². The Morgan fingerprint density at radius 2 is 1.69 bits per heavy atom. The molecule has 6 nitrogen and oxygen atoms in total. The highest BCUT2D eigenvalue weighted by molar-refractivity contribution is 14.1. The SMILES string of the molecule is COc1ccc2cc([C@@]3(I)C[C@H](c4cc(Cl)cc(Cl)c4)CN3C(C)c3ccc(C(=O)NCCC(=O)O)cc3)ccc2c1. The van der Waals surface area contributed by atoms with Crippen LogP contribution in [0.3, 0.4) is 0 Å². The number of hydrogen-bond acceptors (Lipinski definition) is 4. The third-order valence-corrected chi connectivity index (χ3v) is 10.1. The molecule has 9 heteroatoms. The lowest BCUT2D eigenvalue weighted by molar-refractivity contribution is -0.136. The second-order valence-corrected chi connectivity index (χ2v) is 13.3. The monoisotopic (exact) mass is 716 g/mol. The molecular weight excluding hydrogens is 686 g/mol. The Hall–Kier alpha value is -2.85. The van der Waals surface area contributed by atoms with Crippen LogP contribution >= 0.6 is 45.8 Å². The minimum atomic E-state index is -0.947. The van der Waals surface area contributed by atoms with Crippen LogP contribution in [0.2, 0.25) is 10.0 Å². The number of amides is 1. The molecule has 0 spiro atoms. The maximum absolute atomic E-state index is 12.5. The molecule has 0 bridgehead atoms. The summed E-state index contributed by atoms with van der Waals surface area (Å²) in [5.74, 6) is -0.207. The zero-order valence-corrected chi connectivity index (χ0v) is 26.9. The third-order valence-electron chi connectivity index (χ3n) is 7.98. The lowest BCUT2D eigenvalue weighted by Gasteiger charge is -2.38. The van der Waals surface area contributed by atoms with Crippen LogP contribution in [0.15, 0.2) is 78.9 Å². The number of carboxylic acids is 1. The molecule has 1 aliphatic rings. The summed E-state index contributed by atoms with van der Waals surface area (Å²) in [4.78, 5) is 25.8. The molecule has 0 aliphatic carbocycles. The van der Waals surface area contributed by atoms with E-state index < -0.39 is 5.97 Å². The number of alkyl halides is 1. The smallest absolute Gasteiger partial charge is 0.305 e. The summed E-state index contributed by atoms with van der Waals surface area (Å²) in [6.07, 6.45) is 0.745. The summed E-state index contributed by atoms with van der Waals surface area (Å²) >= 11 is 15.4. The average Bonchev–Trinajstić information content (AvgIpc) is 3.34. The molecule has 0 aromatic heterocycles. The fourth-order valence-corrected chi connectivity index (χ4v) is 7.77.